The smallest absolute Gasteiger partial charge is 0.255 e. The topological polar surface area (TPSA) is 84.2 Å². The third-order valence-corrected chi connectivity index (χ3v) is 6.01. The van der Waals surface area contributed by atoms with E-state index in [0.717, 1.165) is 17.5 Å². The van der Waals surface area contributed by atoms with Gasteiger partial charge in [-0.2, -0.15) is 0 Å². The highest BCUT2D eigenvalue weighted by molar-refractivity contribution is 5.95. The number of fused-ring (bicyclic) bond motifs is 2. The molecule has 0 radical (unpaired) electrons. The lowest BCUT2D eigenvalue weighted by Crippen LogP contribution is -2.50. The molecule has 3 aromatic rings. The zero-order valence-corrected chi connectivity index (χ0v) is 16.9. The molecule has 1 unspecified atom stereocenters. The maximum absolute atomic E-state index is 13.0. The van der Waals surface area contributed by atoms with Crippen LogP contribution in [0.15, 0.2) is 53.7 Å². The molecule has 1 aromatic carbocycles. The summed E-state index contributed by atoms with van der Waals surface area (Å²) in [6, 6.07) is 11.2. The van der Waals surface area contributed by atoms with Crippen molar-refractivity contribution < 1.29 is 4.79 Å². The van der Waals surface area contributed by atoms with Crippen molar-refractivity contribution in [3.05, 3.63) is 70.4 Å². The molecule has 2 aliphatic rings. The first-order valence-electron chi connectivity index (χ1n) is 10.00. The van der Waals surface area contributed by atoms with Gasteiger partial charge in [-0.1, -0.05) is 17.7 Å². The van der Waals surface area contributed by atoms with E-state index in [0.29, 0.717) is 30.4 Å². The summed E-state index contributed by atoms with van der Waals surface area (Å²) in [5, 5.41) is 0. The molecule has 2 fully saturated rings. The lowest BCUT2D eigenvalue weighted by molar-refractivity contribution is 0.0725. The fourth-order valence-corrected chi connectivity index (χ4v) is 4.38. The van der Waals surface area contributed by atoms with Crippen LogP contribution in [0.4, 0.5) is 5.95 Å². The average molecular weight is 402 g/mol. The predicted octanol–water partition coefficient (Wildman–Crippen LogP) is 1.65. The van der Waals surface area contributed by atoms with E-state index in [4.69, 9.17) is 4.98 Å². The highest BCUT2D eigenvalue weighted by atomic mass is 16.2. The van der Waals surface area contributed by atoms with Gasteiger partial charge < -0.3 is 9.80 Å². The van der Waals surface area contributed by atoms with Crippen molar-refractivity contribution in [2.45, 2.75) is 25.4 Å². The van der Waals surface area contributed by atoms with E-state index in [1.807, 2.05) is 36.1 Å². The molecule has 5 rings (SSSR count). The van der Waals surface area contributed by atoms with Crippen LogP contribution in [0, 0.1) is 6.92 Å². The van der Waals surface area contributed by atoms with E-state index >= 15 is 0 Å². The van der Waals surface area contributed by atoms with Gasteiger partial charge in [0.2, 0.25) is 5.95 Å². The van der Waals surface area contributed by atoms with Gasteiger partial charge in [0.25, 0.3) is 11.5 Å². The second-order valence-corrected chi connectivity index (χ2v) is 7.95. The number of carbonyl (C=O) groups is 1. The Balaban J connectivity index is 1.41. The van der Waals surface area contributed by atoms with Crippen LogP contribution in [0.2, 0.25) is 0 Å². The van der Waals surface area contributed by atoms with E-state index in [-0.39, 0.29) is 23.6 Å². The summed E-state index contributed by atoms with van der Waals surface area (Å²) in [4.78, 5) is 42.5. The molecule has 0 saturated carbocycles. The summed E-state index contributed by atoms with van der Waals surface area (Å²) in [5.74, 6) is 0.685. The molecule has 152 valence electrons. The Morgan fingerprint density at radius 3 is 2.53 bits per heavy atom. The van der Waals surface area contributed by atoms with Crippen molar-refractivity contribution in [3.8, 4) is 11.4 Å². The van der Waals surface area contributed by atoms with Crippen molar-refractivity contribution in [2.75, 3.05) is 18.0 Å². The number of aromatic nitrogens is 4. The molecule has 4 heterocycles. The molecule has 1 amide bonds. The van der Waals surface area contributed by atoms with Crippen LogP contribution < -0.4 is 10.5 Å². The first kappa shape index (κ1) is 18.5. The molecule has 2 aliphatic heterocycles. The number of carbonyl (C=O) groups excluding carboxylic acids is 1. The Morgan fingerprint density at radius 1 is 1.07 bits per heavy atom. The van der Waals surface area contributed by atoms with Crippen LogP contribution in [0.1, 0.15) is 22.3 Å². The van der Waals surface area contributed by atoms with Crippen molar-refractivity contribution in [1.82, 2.24) is 24.4 Å². The van der Waals surface area contributed by atoms with E-state index < -0.39 is 0 Å². The van der Waals surface area contributed by atoms with Gasteiger partial charge in [0.05, 0.1) is 23.5 Å². The lowest BCUT2D eigenvalue weighted by atomic mass is 10.1. The molecule has 2 saturated heterocycles. The maximum Gasteiger partial charge on any atom is 0.255 e. The van der Waals surface area contributed by atoms with Gasteiger partial charge in [-0.3, -0.25) is 14.2 Å². The summed E-state index contributed by atoms with van der Waals surface area (Å²) in [7, 11) is 1.73. The molecule has 0 spiro atoms. The molecule has 8 nitrogen and oxygen atoms in total. The highest BCUT2D eigenvalue weighted by Crippen LogP contribution is 2.34. The molecule has 8 heteroatoms. The highest BCUT2D eigenvalue weighted by Gasteiger charge is 2.46. The van der Waals surface area contributed by atoms with Crippen molar-refractivity contribution in [3.63, 3.8) is 0 Å². The van der Waals surface area contributed by atoms with Crippen LogP contribution in [-0.2, 0) is 7.05 Å². The molecule has 30 heavy (non-hydrogen) atoms. The van der Waals surface area contributed by atoms with Crippen LogP contribution in [0.25, 0.3) is 11.4 Å². The van der Waals surface area contributed by atoms with Gasteiger partial charge >= 0.3 is 0 Å². The quantitative estimate of drug-likeness (QED) is 0.662. The normalized spacial score (nSPS) is 20.1. The number of likely N-dealkylation sites (tertiary alicyclic amines) is 1. The Hall–Kier alpha value is -3.55. The molecule has 0 aliphatic carbocycles. The standard InChI is InChI=1S/C22H22N6O2/c1-14-3-5-15(6-4-14)21(30)27-11-17-9-16(27)12-28(17)22-25-19(10-20(29)26(22)2)18-7-8-23-13-24-18/h3-8,10,13,16-17H,9,11-12H2,1-2H3/t16?,17-/m0/s1. The van der Waals surface area contributed by atoms with Crippen LogP contribution in [0.3, 0.4) is 0 Å². The molecule has 2 bridgehead atoms. The second kappa shape index (κ2) is 7.05. The number of aryl methyl sites for hydroxylation is 1. The Bertz CT molecular complexity index is 1160. The zero-order valence-electron chi connectivity index (χ0n) is 16.9. The number of piperazine rings is 1. The summed E-state index contributed by atoms with van der Waals surface area (Å²) < 4.78 is 1.57. The summed E-state index contributed by atoms with van der Waals surface area (Å²) in [5.41, 5.74) is 2.87. The fourth-order valence-electron chi connectivity index (χ4n) is 4.38. The number of hydrogen-bond donors (Lipinski definition) is 0. The van der Waals surface area contributed by atoms with Gasteiger partial charge in [0, 0.05) is 38.0 Å². The largest absolute Gasteiger partial charge is 0.335 e. The number of hydrogen-bond acceptors (Lipinski definition) is 6. The minimum absolute atomic E-state index is 0.0683. The molecule has 2 atom stereocenters. The number of benzene rings is 1. The second-order valence-electron chi connectivity index (χ2n) is 7.95. The zero-order chi connectivity index (χ0) is 20.8. The van der Waals surface area contributed by atoms with Crippen molar-refractivity contribution >= 4 is 11.9 Å². The molecular weight excluding hydrogens is 380 g/mol. The van der Waals surface area contributed by atoms with E-state index in [1.54, 1.807) is 23.9 Å². The fraction of sp³-hybridized carbons (Fsp3) is 0.318. The van der Waals surface area contributed by atoms with Gasteiger partial charge in [0.1, 0.15) is 6.33 Å². The summed E-state index contributed by atoms with van der Waals surface area (Å²) in [6.45, 7) is 3.30. The summed E-state index contributed by atoms with van der Waals surface area (Å²) >= 11 is 0. The van der Waals surface area contributed by atoms with Crippen molar-refractivity contribution in [1.29, 1.82) is 0 Å². The molecular formula is C22H22N6O2. The Labute approximate surface area is 173 Å². The third kappa shape index (κ3) is 3.04. The number of anilines is 1. The van der Waals surface area contributed by atoms with E-state index in [9.17, 15) is 9.59 Å². The van der Waals surface area contributed by atoms with Crippen LogP contribution in [-0.4, -0.2) is 55.5 Å². The Kier molecular flexibility index (Phi) is 4.34. The van der Waals surface area contributed by atoms with E-state index in [1.165, 1.54) is 12.4 Å². The first-order chi connectivity index (χ1) is 14.5. The minimum atomic E-state index is -0.135. The SMILES string of the molecule is Cc1ccc(C(=O)N2C[C@@H]3CC2CN3c2nc(-c3ccncn3)cc(=O)n2C)cc1. The monoisotopic (exact) mass is 402 g/mol. The van der Waals surface area contributed by atoms with Crippen LogP contribution >= 0.6 is 0 Å². The Morgan fingerprint density at radius 2 is 1.87 bits per heavy atom. The number of rotatable bonds is 3. The van der Waals surface area contributed by atoms with Gasteiger partial charge in [-0.05, 0) is 31.5 Å². The third-order valence-electron chi connectivity index (χ3n) is 6.01. The van der Waals surface area contributed by atoms with Crippen molar-refractivity contribution in [2.24, 2.45) is 7.05 Å². The lowest BCUT2D eigenvalue weighted by Gasteiger charge is -2.35. The summed E-state index contributed by atoms with van der Waals surface area (Å²) in [6.07, 6.45) is 3.96. The molecule has 0 N–H and O–H groups in total. The number of amides is 1. The number of nitrogens with zero attached hydrogens (tertiary/aromatic N) is 6. The van der Waals surface area contributed by atoms with Gasteiger partial charge in [-0.15, -0.1) is 0 Å². The van der Waals surface area contributed by atoms with Crippen LogP contribution in [0.5, 0.6) is 0 Å². The predicted molar refractivity (Wildman–Crippen MR) is 112 cm³/mol. The maximum atomic E-state index is 13.0. The van der Waals surface area contributed by atoms with Gasteiger partial charge in [0.15, 0.2) is 0 Å². The van der Waals surface area contributed by atoms with Gasteiger partial charge in [-0.25, -0.2) is 15.0 Å². The minimum Gasteiger partial charge on any atom is -0.335 e. The first-order valence-corrected chi connectivity index (χ1v) is 10.00. The van der Waals surface area contributed by atoms with E-state index in [2.05, 4.69) is 14.9 Å². The molecule has 2 aromatic heterocycles. The average Bonchev–Trinajstić information content (AvgIpc) is 3.37.